The van der Waals surface area contributed by atoms with Crippen molar-refractivity contribution < 1.29 is 9.59 Å². The topological polar surface area (TPSA) is 76.9 Å². The van der Waals surface area contributed by atoms with E-state index in [2.05, 4.69) is 28.5 Å². The SMILES string of the molecule is CCn1c(SCC(=O)c2ccc3c(c2)[C@@H](C)C(=O)N3)nnc1-c1ccccc1C. The van der Waals surface area contributed by atoms with E-state index in [9.17, 15) is 9.59 Å². The maximum Gasteiger partial charge on any atom is 0.231 e. The molecule has 0 aliphatic carbocycles. The van der Waals surface area contributed by atoms with Crippen molar-refractivity contribution in [2.45, 2.75) is 38.4 Å². The number of ketones is 1. The van der Waals surface area contributed by atoms with Crippen molar-refractivity contribution in [3.63, 3.8) is 0 Å². The maximum absolute atomic E-state index is 12.8. The number of aromatic nitrogens is 3. The smallest absolute Gasteiger partial charge is 0.231 e. The Labute approximate surface area is 173 Å². The van der Waals surface area contributed by atoms with Gasteiger partial charge in [0.2, 0.25) is 5.91 Å². The lowest BCUT2D eigenvalue weighted by Gasteiger charge is -2.09. The van der Waals surface area contributed by atoms with Gasteiger partial charge in [0.25, 0.3) is 0 Å². The number of thioether (sulfide) groups is 1. The van der Waals surface area contributed by atoms with Crippen LogP contribution in [0, 0.1) is 6.92 Å². The second-order valence-corrected chi connectivity index (χ2v) is 8.03. The Hall–Kier alpha value is -2.93. The number of rotatable bonds is 6. The first-order chi connectivity index (χ1) is 14.0. The van der Waals surface area contributed by atoms with Crippen LogP contribution >= 0.6 is 11.8 Å². The van der Waals surface area contributed by atoms with E-state index in [0.717, 1.165) is 39.9 Å². The molecule has 0 radical (unpaired) electrons. The first kappa shape index (κ1) is 19.4. The molecule has 0 saturated carbocycles. The van der Waals surface area contributed by atoms with Gasteiger partial charge in [-0.1, -0.05) is 36.0 Å². The molecule has 1 N–H and O–H groups in total. The molecule has 1 aromatic heterocycles. The Balaban J connectivity index is 1.52. The molecule has 3 aromatic rings. The molecule has 1 aliphatic rings. The number of hydrogen-bond acceptors (Lipinski definition) is 5. The monoisotopic (exact) mass is 406 g/mol. The third-order valence-electron chi connectivity index (χ3n) is 5.24. The molecule has 0 bridgehead atoms. The average molecular weight is 407 g/mol. The van der Waals surface area contributed by atoms with Gasteiger partial charge in [-0.2, -0.15) is 0 Å². The highest BCUT2D eigenvalue weighted by Gasteiger charge is 2.27. The normalized spacial score (nSPS) is 15.3. The van der Waals surface area contributed by atoms with Crippen molar-refractivity contribution in [2.24, 2.45) is 0 Å². The van der Waals surface area contributed by atoms with Gasteiger partial charge in [-0.25, -0.2) is 0 Å². The molecule has 0 spiro atoms. The highest BCUT2D eigenvalue weighted by molar-refractivity contribution is 7.99. The Morgan fingerprint density at radius 3 is 2.76 bits per heavy atom. The summed E-state index contributed by atoms with van der Waals surface area (Å²) in [6, 6.07) is 13.5. The predicted molar refractivity (Wildman–Crippen MR) is 114 cm³/mol. The summed E-state index contributed by atoms with van der Waals surface area (Å²) < 4.78 is 2.04. The van der Waals surface area contributed by atoms with Gasteiger partial charge < -0.3 is 9.88 Å². The summed E-state index contributed by atoms with van der Waals surface area (Å²) in [4.78, 5) is 24.6. The predicted octanol–water partition coefficient (Wildman–Crippen LogP) is 4.30. The molecule has 0 fully saturated rings. The van der Waals surface area contributed by atoms with E-state index in [4.69, 9.17) is 0 Å². The summed E-state index contributed by atoms with van der Waals surface area (Å²) >= 11 is 1.39. The lowest BCUT2D eigenvalue weighted by molar-refractivity contribution is -0.116. The number of carbonyl (C=O) groups is 2. The summed E-state index contributed by atoms with van der Waals surface area (Å²) in [7, 11) is 0. The molecule has 2 aromatic carbocycles. The molecule has 2 heterocycles. The van der Waals surface area contributed by atoms with Gasteiger partial charge >= 0.3 is 0 Å². The fourth-order valence-electron chi connectivity index (χ4n) is 3.51. The Morgan fingerprint density at radius 2 is 2.00 bits per heavy atom. The number of aryl methyl sites for hydroxylation is 1. The average Bonchev–Trinajstić information content (AvgIpc) is 3.26. The summed E-state index contributed by atoms with van der Waals surface area (Å²) in [5.41, 5.74) is 4.47. The van der Waals surface area contributed by atoms with Gasteiger partial charge in [-0.15, -0.1) is 10.2 Å². The van der Waals surface area contributed by atoms with E-state index >= 15 is 0 Å². The second kappa shape index (κ2) is 7.83. The number of amides is 1. The van der Waals surface area contributed by atoms with Gasteiger partial charge in [-0.05, 0) is 50.1 Å². The molecule has 0 unspecified atom stereocenters. The van der Waals surface area contributed by atoms with Crippen LogP contribution in [0.1, 0.15) is 41.3 Å². The van der Waals surface area contributed by atoms with Crippen molar-refractivity contribution in [1.29, 1.82) is 0 Å². The van der Waals surface area contributed by atoms with Crippen LogP contribution in [0.25, 0.3) is 11.4 Å². The van der Waals surface area contributed by atoms with Crippen LogP contribution in [0.4, 0.5) is 5.69 Å². The van der Waals surface area contributed by atoms with Crippen molar-refractivity contribution in [3.8, 4) is 11.4 Å². The third-order valence-corrected chi connectivity index (χ3v) is 6.21. The molecular formula is C22H22N4O2S. The zero-order valence-electron chi connectivity index (χ0n) is 16.6. The first-order valence-corrected chi connectivity index (χ1v) is 10.6. The standard InChI is InChI=1S/C22H22N4O2S/c1-4-26-20(16-8-6-5-7-13(16)2)24-25-22(26)29-12-19(27)15-9-10-18-17(11-15)14(3)21(28)23-18/h5-11,14H,4,12H2,1-3H3,(H,23,28)/t14-/m1/s1. The molecule has 6 nitrogen and oxygen atoms in total. The van der Waals surface area contributed by atoms with Gasteiger partial charge in [0.1, 0.15) is 0 Å². The van der Waals surface area contributed by atoms with Crippen LogP contribution in [-0.2, 0) is 11.3 Å². The number of fused-ring (bicyclic) bond motifs is 1. The number of anilines is 1. The molecule has 1 amide bonds. The van der Waals surface area contributed by atoms with Crippen molar-refractivity contribution in [1.82, 2.24) is 14.8 Å². The Bertz CT molecular complexity index is 1110. The molecular weight excluding hydrogens is 384 g/mol. The highest BCUT2D eigenvalue weighted by Crippen LogP contribution is 2.33. The van der Waals surface area contributed by atoms with Crippen LogP contribution in [0.2, 0.25) is 0 Å². The Kier molecular flexibility index (Phi) is 5.24. The number of benzene rings is 2. The van der Waals surface area contributed by atoms with Crippen LogP contribution in [0.15, 0.2) is 47.6 Å². The van der Waals surface area contributed by atoms with Crippen molar-refractivity contribution >= 4 is 29.1 Å². The number of hydrogen-bond donors (Lipinski definition) is 1. The minimum atomic E-state index is -0.231. The van der Waals surface area contributed by atoms with Crippen molar-refractivity contribution in [2.75, 3.05) is 11.1 Å². The molecule has 4 rings (SSSR count). The summed E-state index contributed by atoms with van der Waals surface area (Å²) in [5.74, 6) is 0.827. The number of Topliss-reactive ketones (excluding diaryl/α,β-unsaturated/α-hetero) is 1. The summed E-state index contributed by atoms with van der Waals surface area (Å²) in [5, 5.41) is 12.2. The van der Waals surface area contributed by atoms with Gasteiger partial charge in [0.15, 0.2) is 16.8 Å². The second-order valence-electron chi connectivity index (χ2n) is 7.09. The van der Waals surface area contributed by atoms with Gasteiger partial charge in [0.05, 0.1) is 11.7 Å². The van der Waals surface area contributed by atoms with E-state index in [1.807, 2.05) is 42.7 Å². The summed E-state index contributed by atoms with van der Waals surface area (Å²) in [6.45, 7) is 6.66. The van der Waals surface area contributed by atoms with Crippen LogP contribution in [0.5, 0.6) is 0 Å². The third kappa shape index (κ3) is 3.58. The molecule has 148 valence electrons. The summed E-state index contributed by atoms with van der Waals surface area (Å²) in [6.07, 6.45) is 0. The minimum absolute atomic E-state index is 0.00689. The molecule has 29 heavy (non-hydrogen) atoms. The highest BCUT2D eigenvalue weighted by atomic mass is 32.2. The molecule has 7 heteroatoms. The first-order valence-electron chi connectivity index (χ1n) is 9.59. The van der Waals surface area contributed by atoms with E-state index < -0.39 is 0 Å². The quantitative estimate of drug-likeness (QED) is 0.488. The largest absolute Gasteiger partial charge is 0.325 e. The van der Waals surface area contributed by atoms with Crippen LogP contribution < -0.4 is 5.32 Å². The van der Waals surface area contributed by atoms with Crippen molar-refractivity contribution in [3.05, 3.63) is 59.2 Å². The maximum atomic E-state index is 12.8. The molecule has 1 atom stereocenters. The number of nitrogens with zero attached hydrogens (tertiary/aromatic N) is 3. The van der Waals surface area contributed by atoms with Gasteiger partial charge in [-0.3, -0.25) is 9.59 Å². The van der Waals surface area contributed by atoms with E-state index in [1.165, 1.54) is 11.8 Å². The van der Waals surface area contributed by atoms with Gasteiger partial charge in [0, 0.05) is 23.4 Å². The fourth-order valence-corrected chi connectivity index (χ4v) is 4.40. The molecule has 1 aliphatic heterocycles. The Morgan fingerprint density at radius 1 is 1.21 bits per heavy atom. The van der Waals surface area contributed by atoms with E-state index in [-0.39, 0.29) is 23.4 Å². The lowest BCUT2D eigenvalue weighted by atomic mass is 9.99. The van der Waals surface area contributed by atoms with Crippen LogP contribution in [0.3, 0.4) is 0 Å². The van der Waals surface area contributed by atoms with E-state index in [0.29, 0.717) is 5.56 Å². The number of nitrogens with one attached hydrogen (secondary N) is 1. The number of carbonyl (C=O) groups excluding carboxylic acids is 2. The zero-order valence-corrected chi connectivity index (χ0v) is 17.4. The zero-order chi connectivity index (χ0) is 20.5. The van der Waals surface area contributed by atoms with Crippen LogP contribution in [-0.4, -0.2) is 32.2 Å². The van der Waals surface area contributed by atoms with E-state index in [1.54, 1.807) is 12.1 Å². The fraction of sp³-hybridized carbons (Fsp3) is 0.273. The lowest BCUT2D eigenvalue weighted by Crippen LogP contribution is -2.08. The minimum Gasteiger partial charge on any atom is -0.325 e. The molecule has 0 saturated heterocycles.